The van der Waals surface area contributed by atoms with Gasteiger partial charge in [-0.15, -0.1) is 11.3 Å². The molecule has 2 unspecified atom stereocenters. The summed E-state index contributed by atoms with van der Waals surface area (Å²) in [4.78, 5) is 4.16. The minimum atomic E-state index is -4.37. The van der Waals surface area contributed by atoms with Gasteiger partial charge in [-0.1, -0.05) is 56.0 Å². The molecular formula is C39H41N2O7S4-. The number of thioether (sulfide) groups is 1. The fraction of sp³-hybridized carbons (Fsp3) is 0.333. The van der Waals surface area contributed by atoms with Gasteiger partial charge in [-0.25, -0.2) is 16.8 Å². The van der Waals surface area contributed by atoms with Crippen LogP contribution in [0, 0.1) is 12.3 Å². The van der Waals surface area contributed by atoms with Crippen molar-refractivity contribution in [1.82, 2.24) is 0 Å². The number of thiophene rings is 1. The van der Waals surface area contributed by atoms with E-state index in [1.807, 2.05) is 13.0 Å². The fourth-order valence-corrected chi connectivity index (χ4v) is 10.5. The van der Waals surface area contributed by atoms with E-state index in [2.05, 4.69) is 97.0 Å². The third-order valence-electron chi connectivity index (χ3n) is 9.64. The average molecular weight is 778 g/mol. The lowest BCUT2D eigenvalue weighted by molar-refractivity contribution is -0.862. The van der Waals surface area contributed by atoms with E-state index in [1.165, 1.54) is 10.1 Å². The molecule has 1 N–H and O–H groups in total. The van der Waals surface area contributed by atoms with Crippen LogP contribution in [0.4, 0.5) is 11.4 Å². The van der Waals surface area contributed by atoms with Crippen molar-refractivity contribution < 1.29 is 35.6 Å². The summed E-state index contributed by atoms with van der Waals surface area (Å²) in [6.45, 7) is 7.30. The number of hydrogen-bond acceptors (Lipinski definition) is 10. The molecule has 0 amide bonds. The molecular weight excluding hydrogens is 737 g/mol. The van der Waals surface area contributed by atoms with Crippen LogP contribution in [0.2, 0.25) is 0 Å². The number of fused-ring (bicyclic) bond motifs is 3. The third-order valence-corrected chi connectivity index (χ3v) is 13.2. The van der Waals surface area contributed by atoms with Gasteiger partial charge in [0.05, 0.1) is 37.5 Å². The van der Waals surface area contributed by atoms with Crippen LogP contribution in [-0.2, 0) is 20.2 Å². The first-order valence-electron chi connectivity index (χ1n) is 17.3. The Labute approximate surface area is 314 Å². The molecule has 0 fully saturated rings. The van der Waals surface area contributed by atoms with Crippen molar-refractivity contribution >= 4 is 64.8 Å². The van der Waals surface area contributed by atoms with E-state index >= 15 is 0 Å². The summed E-state index contributed by atoms with van der Waals surface area (Å²) in [7, 11) is -8.69. The number of allylic oxidation sites excluding steroid dienone is 4. The summed E-state index contributed by atoms with van der Waals surface area (Å²) < 4.78 is 76.8. The highest BCUT2D eigenvalue weighted by atomic mass is 32.2. The van der Waals surface area contributed by atoms with Gasteiger partial charge < -0.3 is 18.7 Å². The zero-order valence-electron chi connectivity index (χ0n) is 29.3. The zero-order valence-corrected chi connectivity index (χ0v) is 32.5. The molecule has 0 saturated heterocycles. The highest BCUT2D eigenvalue weighted by Gasteiger charge is 2.37. The maximum Gasteiger partial charge on any atom is 0.257 e. The first kappa shape index (κ1) is 36.9. The number of nitrogens with zero attached hydrogens (tertiary/aromatic N) is 1. The van der Waals surface area contributed by atoms with Crippen LogP contribution in [0.25, 0.3) is 21.2 Å². The van der Waals surface area contributed by atoms with Gasteiger partial charge in [0.25, 0.3) is 6.23 Å². The Morgan fingerprint density at radius 3 is 2.56 bits per heavy atom. The monoisotopic (exact) mass is 777 g/mol. The molecule has 2 atom stereocenters. The lowest BCUT2D eigenvalue weighted by Crippen LogP contribution is -3.10. The molecule has 3 heterocycles. The van der Waals surface area contributed by atoms with Gasteiger partial charge >= 0.3 is 0 Å². The van der Waals surface area contributed by atoms with Crippen molar-refractivity contribution in [2.45, 2.75) is 57.6 Å². The molecule has 3 aromatic carbocycles. The van der Waals surface area contributed by atoms with Crippen molar-refractivity contribution in [3.8, 4) is 16.9 Å². The number of hydrogen-bond donors (Lipinski definition) is 1. The Morgan fingerprint density at radius 2 is 1.77 bits per heavy atom. The van der Waals surface area contributed by atoms with Gasteiger partial charge in [0.2, 0.25) is 0 Å². The molecule has 9 nitrogen and oxygen atoms in total. The van der Waals surface area contributed by atoms with E-state index in [0.717, 1.165) is 72.6 Å². The summed E-state index contributed by atoms with van der Waals surface area (Å²) >= 11 is 3.33. The Hall–Kier alpha value is -3.43. The maximum atomic E-state index is 11.6. The van der Waals surface area contributed by atoms with Crippen LogP contribution < -0.4 is 14.5 Å². The standard InChI is InChI=1S/C39H42N2O7S4/c1-26-9-12-36-33(19-26)41(15-6-18-52(45,46)47)38(50-36)22-28-20-27(24-39(2,3)25-28)21-37-40(14-5-17-51(42,43)44)32-23-29(10-11-34(32)48-37)30-7-4-8-35-31(30)13-16-49-35/h4,7-13,16,19-23,37H,5-6,14-15,17-18,24-25H2,1-3H3,(H,42,43,44)(H,45,46,47)/p-1/b27-21-,38-22-. The van der Waals surface area contributed by atoms with Crippen molar-refractivity contribution in [1.29, 1.82) is 0 Å². The Kier molecular flexibility index (Phi) is 10.2. The summed E-state index contributed by atoms with van der Waals surface area (Å²) in [6.07, 6.45) is 8.14. The predicted molar refractivity (Wildman–Crippen MR) is 207 cm³/mol. The molecule has 1 aliphatic carbocycles. The Morgan fingerprint density at radius 1 is 0.981 bits per heavy atom. The van der Waals surface area contributed by atoms with Crippen molar-refractivity contribution in [3.05, 3.63) is 106 Å². The van der Waals surface area contributed by atoms with Crippen LogP contribution in [0.5, 0.6) is 5.75 Å². The number of aryl methyl sites for hydroxylation is 1. The minimum Gasteiger partial charge on any atom is -0.748 e. The topological polar surface area (TPSA) is 131 Å². The van der Waals surface area contributed by atoms with E-state index in [0.29, 0.717) is 13.1 Å². The van der Waals surface area contributed by atoms with Gasteiger partial charge in [0.15, 0.2) is 11.4 Å². The number of quaternary nitrogens is 1. The number of anilines is 1. The van der Waals surface area contributed by atoms with Crippen LogP contribution in [-0.4, -0.2) is 56.8 Å². The van der Waals surface area contributed by atoms with E-state index in [-0.39, 0.29) is 18.3 Å². The molecule has 2 aliphatic heterocycles. The molecule has 3 aliphatic rings. The van der Waals surface area contributed by atoms with Gasteiger partial charge in [-0.05, 0) is 101 Å². The van der Waals surface area contributed by atoms with Crippen LogP contribution in [0.1, 0.15) is 45.1 Å². The lowest BCUT2D eigenvalue weighted by Gasteiger charge is -2.31. The highest BCUT2D eigenvalue weighted by molar-refractivity contribution is 8.03. The van der Waals surface area contributed by atoms with Crippen LogP contribution in [0.15, 0.2) is 105 Å². The summed E-state index contributed by atoms with van der Waals surface area (Å²) in [5.74, 6) is -0.125. The molecule has 0 spiro atoms. The zero-order chi connectivity index (χ0) is 36.8. The average Bonchev–Trinajstić information content (AvgIpc) is 3.75. The van der Waals surface area contributed by atoms with Crippen molar-refractivity contribution in [2.24, 2.45) is 5.41 Å². The third kappa shape index (κ3) is 8.52. The van der Waals surface area contributed by atoms with E-state index in [1.54, 1.807) is 23.1 Å². The van der Waals surface area contributed by atoms with Gasteiger partial charge in [-0.2, -0.15) is 0 Å². The van der Waals surface area contributed by atoms with Crippen molar-refractivity contribution in [3.63, 3.8) is 0 Å². The summed E-state index contributed by atoms with van der Waals surface area (Å²) in [5.41, 5.74) is 7.34. The molecule has 13 heteroatoms. The predicted octanol–water partition coefficient (Wildman–Crippen LogP) is 7.11. The quantitative estimate of drug-likeness (QED) is 0.158. The minimum absolute atomic E-state index is 0.0736. The molecule has 1 aromatic heterocycles. The Balaban J connectivity index is 1.21. The number of ether oxygens (including phenoxy) is 1. The fourth-order valence-electron chi connectivity index (χ4n) is 7.52. The second kappa shape index (κ2) is 14.4. The van der Waals surface area contributed by atoms with Gasteiger partial charge in [0.1, 0.15) is 0 Å². The van der Waals surface area contributed by atoms with Crippen LogP contribution >= 0.6 is 23.1 Å². The summed E-state index contributed by atoms with van der Waals surface area (Å²) in [5, 5.41) is 4.24. The summed E-state index contributed by atoms with van der Waals surface area (Å²) in [6, 6.07) is 20.8. The lowest BCUT2D eigenvalue weighted by atomic mass is 9.75. The first-order chi connectivity index (χ1) is 24.6. The van der Waals surface area contributed by atoms with E-state index in [4.69, 9.17) is 4.74 Å². The normalized spacial score (nSPS) is 21.4. The number of rotatable bonds is 11. The number of nitrogens with one attached hydrogen (secondary N) is 1. The molecule has 4 aromatic rings. The second-order valence-electron chi connectivity index (χ2n) is 14.6. The molecule has 0 radical (unpaired) electrons. The highest BCUT2D eigenvalue weighted by Crippen LogP contribution is 2.48. The Bertz CT molecular complexity index is 2340. The second-order valence-corrected chi connectivity index (χ2v) is 19.6. The molecule has 52 heavy (non-hydrogen) atoms. The molecule has 0 saturated carbocycles. The van der Waals surface area contributed by atoms with E-state index in [9.17, 15) is 25.9 Å². The van der Waals surface area contributed by atoms with Gasteiger partial charge in [0, 0.05) is 51.6 Å². The molecule has 0 bridgehead atoms. The first-order valence-corrected chi connectivity index (χ1v) is 22.2. The van der Waals surface area contributed by atoms with E-state index < -0.39 is 38.0 Å². The largest absolute Gasteiger partial charge is 0.748 e. The SMILES string of the molecule is Cc1ccc2c(c1)N(CCCS(=O)(=O)[O-])/C(=C/C1=CC(=C/C3Oc4ccc(-c5cccc6sccc56)cc4[NH+]3CCCS(=O)(=O)[O-])/CC(C)(C)C1)S2. The smallest absolute Gasteiger partial charge is 0.257 e. The van der Waals surface area contributed by atoms with Crippen molar-refractivity contribution in [2.75, 3.05) is 29.5 Å². The molecule has 7 rings (SSSR count). The van der Waals surface area contributed by atoms with Gasteiger partial charge in [-0.3, -0.25) is 4.90 Å². The maximum absolute atomic E-state index is 11.6. The number of benzene rings is 3. The molecule has 274 valence electrons. The van der Waals surface area contributed by atoms with Crippen LogP contribution in [0.3, 0.4) is 0 Å².